The van der Waals surface area contributed by atoms with Gasteiger partial charge in [-0.15, -0.1) is 0 Å². The van der Waals surface area contributed by atoms with Crippen LogP contribution in [0.5, 0.6) is 17.2 Å². The summed E-state index contributed by atoms with van der Waals surface area (Å²) in [6.45, 7) is 3.68. The first-order valence-corrected chi connectivity index (χ1v) is 9.96. The lowest BCUT2D eigenvalue weighted by molar-refractivity contribution is -0.139. The van der Waals surface area contributed by atoms with E-state index >= 15 is 0 Å². The fourth-order valence-corrected chi connectivity index (χ4v) is 3.36. The molecule has 160 valence electrons. The van der Waals surface area contributed by atoms with Crippen molar-refractivity contribution in [2.45, 2.75) is 26.7 Å². The van der Waals surface area contributed by atoms with Gasteiger partial charge in [0.25, 0.3) is 0 Å². The summed E-state index contributed by atoms with van der Waals surface area (Å²) >= 11 is 5.93. The SMILES string of the molecule is Cc1cc(NC(=O)CC(=O)O)cc(C)c1Oc1ccc(O)c(Cc2ccc(Cl)cc2)c1. The van der Waals surface area contributed by atoms with Gasteiger partial charge in [0.15, 0.2) is 0 Å². The van der Waals surface area contributed by atoms with E-state index in [-0.39, 0.29) is 5.75 Å². The maximum atomic E-state index is 11.7. The molecule has 3 aromatic rings. The highest BCUT2D eigenvalue weighted by atomic mass is 35.5. The van der Waals surface area contributed by atoms with Gasteiger partial charge in [-0.2, -0.15) is 0 Å². The molecule has 0 saturated heterocycles. The number of hydrogen-bond acceptors (Lipinski definition) is 4. The number of benzene rings is 3. The van der Waals surface area contributed by atoms with Crippen molar-refractivity contribution in [2.75, 3.05) is 5.32 Å². The van der Waals surface area contributed by atoms with E-state index in [9.17, 15) is 14.7 Å². The lowest BCUT2D eigenvalue weighted by atomic mass is 10.0. The molecule has 0 atom stereocenters. The minimum Gasteiger partial charge on any atom is -0.508 e. The Balaban J connectivity index is 1.79. The van der Waals surface area contributed by atoms with E-state index < -0.39 is 18.3 Å². The van der Waals surface area contributed by atoms with Crippen molar-refractivity contribution < 1.29 is 24.5 Å². The van der Waals surface area contributed by atoms with Crippen LogP contribution in [-0.2, 0) is 16.0 Å². The van der Waals surface area contributed by atoms with E-state index in [1.165, 1.54) is 0 Å². The fraction of sp³-hybridized carbons (Fsp3) is 0.167. The van der Waals surface area contributed by atoms with Crippen molar-refractivity contribution >= 4 is 29.2 Å². The Morgan fingerprint density at radius 3 is 2.26 bits per heavy atom. The number of phenolic OH excluding ortho intramolecular Hbond substituents is 1. The minimum atomic E-state index is -1.19. The molecule has 0 unspecified atom stereocenters. The molecule has 6 nitrogen and oxygen atoms in total. The van der Waals surface area contributed by atoms with Gasteiger partial charge in [0.05, 0.1) is 0 Å². The summed E-state index contributed by atoms with van der Waals surface area (Å²) in [6, 6.07) is 15.9. The van der Waals surface area contributed by atoms with Crippen LogP contribution < -0.4 is 10.1 Å². The van der Waals surface area contributed by atoms with Crippen LogP contribution in [-0.4, -0.2) is 22.1 Å². The number of aliphatic carboxylic acids is 1. The molecule has 0 aromatic heterocycles. The molecule has 0 saturated carbocycles. The standard InChI is InChI=1S/C24H22ClNO5/c1-14-9-19(26-22(28)13-23(29)30)10-15(2)24(14)31-20-7-8-21(27)17(12-20)11-16-3-5-18(25)6-4-16/h3-10,12,27H,11,13H2,1-2H3,(H,26,28)(H,29,30). The van der Waals surface area contributed by atoms with Gasteiger partial charge in [-0.25, -0.2) is 0 Å². The molecular formula is C24H22ClNO5. The van der Waals surface area contributed by atoms with E-state index in [1.807, 2.05) is 26.0 Å². The number of carbonyl (C=O) groups is 2. The topological polar surface area (TPSA) is 95.9 Å². The largest absolute Gasteiger partial charge is 0.508 e. The van der Waals surface area contributed by atoms with E-state index in [0.29, 0.717) is 34.2 Å². The molecule has 3 rings (SSSR count). The van der Waals surface area contributed by atoms with Crippen LogP contribution in [0.2, 0.25) is 5.02 Å². The minimum absolute atomic E-state index is 0.173. The molecule has 0 aliphatic rings. The number of carboxylic acid groups (broad SMARTS) is 1. The number of nitrogens with one attached hydrogen (secondary N) is 1. The maximum absolute atomic E-state index is 11.7. The van der Waals surface area contributed by atoms with Gasteiger partial charge in [-0.3, -0.25) is 9.59 Å². The number of aryl methyl sites for hydroxylation is 2. The average molecular weight is 440 g/mol. The summed E-state index contributed by atoms with van der Waals surface area (Å²) in [5.74, 6) is -0.416. The maximum Gasteiger partial charge on any atom is 0.312 e. The Morgan fingerprint density at radius 2 is 1.65 bits per heavy atom. The number of amides is 1. The summed E-state index contributed by atoms with van der Waals surface area (Å²) < 4.78 is 6.08. The number of rotatable bonds is 7. The highest BCUT2D eigenvalue weighted by Gasteiger charge is 2.13. The number of carbonyl (C=O) groups excluding carboxylic acids is 1. The highest BCUT2D eigenvalue weighted by molar-refractivity contribution is 6.30. The van der Waals surface area contributed by atoms with Gasteiger partial charge in [-0.05, 0) is 73.0 Å². The van der Waals surface area contributed by atoms with Gasteiger partial charge in [0.1, 0.15) is 23.7 Å². The van der Waals surface area contributed by atoms with Gasteiger partial charge in [0, 0.05) is 22.7 Å². The van der Waals surface area contributed by atoms with Crippen molar-refractivity contribution in [1.29, 1.82) is 0 Å². The highest BCUT2D eigenvalue weighted by Crippen LogP contribution is 2.34. The molecule has 1 amide bonds. The first kappa shape index (κ1) is 22.2. The van der Waals surface area contributed by atoms with Gasteiger partial charge < -0.3 is 20.3 Å². The predicted octanol–water partition coefficient (Wildman–Crippen LogP) is 5.46. The van der Waals surface area contributed by atoms with E-state index in [0.717, 1.165) is 16.7 Å². The van der Waals surface area contributed by atoms with Crippen LogP contribution in [0.1, 0.15) is 28.7 Å². The normalized spacial score (nSPS) is 10.5. The van der Waals surface area contributed by atoms with Crippen LogP contribution in [0, 0.1) is 13.8 Å². The van der Waals surface area contributed by atoms with Crippen LogP contribution in [0.4, 0.5) is 5.69 Å². The molecule has 0 aliphatic heterocycles. The molecule has 0 fully saturated rings. The first-order chi connectivity index (χ1) is 14.7. The zero-order valence-electron chi connectivity index (χ0n) is 17.1. The molecule has 0 radical (unpaired) electrons. The van der Waals surface area contributed by atoms with Crippen molar-refractivity contribution in [3.63, 3.8) is 0 Å². The van der Waals surface area contributed by atoms with Crippen LogP contribution in [0.25, 0.3) is 0 Å². The van der Waals surface area contributed by atoms with Crippen molar-refractivity contribution in [3.8, 4) is 17.2 Å². The van der Waals surface area contributed by atoms with E-state index in [2.05, 4.69) is 5.32 Å². The lowest BCUT2D eigenvalue weighted by Crippen LogP contribution is -2.16. The van der Waals surface area contributed by atoms with Crippen LogP contribution >= 0.6 is 11.6 Å². The second kappa shape index (κ2) is 9.53. The summed E-state index contributed by atoms with van der Waals surface area (Å²) in [4.78, 5) is 22.4. The first-order valence-electron chi connectivity index (χ1n) is 9.58. The van der Waals surface area contributed by atoms with Crippen molar-refractivity contribution in [2.24, 2.45) is 0 Å². The second-order valence-corrected chi connectivity index (χ2v) is 7.69. The summed E-state index contributed by atoms with van der Waals surface area (Å²) in [7, 11) is 0. The van der Waals surface area contributed by atoms with Gasteiger partial charge in [-0.1, -0.05) is 23.7 Å². The van der Waals surface area contributed by atoms with Gasteiger partial charge >= 0.3 is 5.97 Å². The molecular weight excluding hydrogens is 418 g/mol. The fourth-order valence-electron chi connectivity index (χ4n) is 3.23. The van der Waals surface area contributed by atoms with Crippen LogP contribution in [0.15, 0.2) is 54.6 Å². The summed E-state index contributed by atoms with van der Waals surface area (Å²) in [6.07, 6.45) is -0.0764. The number of ether oxygens (including phenoxy) is 1. The number of phenols is 1. The number of carboxylic acids is 1. The number of hydrogen-bond donors (Lipinski definition) is 3. The Labute approximate surface area is 185 Å². The second-order valence-electron chi connectivity index (χ2n) is 7.25. The predicted molar refractivity (Wildman–Crippen MR) is 119 cm³/mol. The third-order valence-corrected chi connectivity index (χ3v) is 4.89. The molecule has 0 aliphatic carbocycles. The smallest absolute Gasteiger partial charge is 0.312 e. The number of aromatic hydroxyl groups is 1. The van der Waals surface area contributed by atoms with Gasteiger partial charge in [0.2, 0.25) is 5.91 Å². The Kier molecular flexibility index (Phi) is 6.82. The Morgan fingerprint density at radius 1 is 1.00 bits per heavy atom. The molecule has 7 heteroatoms. The third-order valence-electron chi connectivity index (χ3n) is 4.63. The summed E-state index contributed by atoms with van der Waals surface area (Å²) in [5, 5.41) is 22.2. The van der Waals surface area contributed by atoms with E-state index in [4.69, 9.17) is 21.4 Å². The van der Waals surface area contributed by atoms with Crippen LogP contribution in [0.3, 0.4) is 0 Å². The molecule has 31 heavy (non-hydrogen) atoms. The third kappa shape index (κ3) is 5.99. The molecule has 0 bridgehead atoms. The Bertz CT molecular complexity index is 1100. The Hall–Kier alpha value is -3.51. The van der Waals surface area contributed by atoms with E-state index in [1.54, 1.807) is 42.5 Å². The molecule has 3 aromatic carbocycles. The van der Waals surface area contributed by atoms with Crippen molar-refractivity contribution in [3.05, 3.63) is 81.9 Å². The zero-order chi connectivity index (χ0) is 22.5. The molecule has 3 N–H and O–H groups in total. The number of halogens is 1. The monoisotopic (exact) mass is 439 g/mol. The average Bonchev–Trinajstić information content (AvgIpc) is 2.68. The van der Waals surface area contributed by atoms with Crippen molar-refractivity contribution in [1.82, 2.24) is 0 Å². The molecule has 0 spiro atoms. The zero-order valence-corrected chi connectivity index (χ0v) is 17.9. The summed E-state index contributed by atoms with van der Waals surface area (Å²) in [5.41, 5.74) is 3.77. The number of anilines is 1. The lowest BCUT2D eigenvalue weighted by Gasteiger charge is -2.15. The molecule has 0 heterocycles. The quantitative estimate of drug-likeness (QED) is 0.425.